The molecule has 3 rings (SSSR count). The van der Waals surface area contributed by atoms with Gasteiger partial charge in [0.25, 0.3) is 5.91 Å². The summed E-state index contributed by atoms with van der Waals surface area (Å²) in [5.41, 5.74) is 7.37. The van der Waals surface area contributed by atoms with Crippen molar-refractivity contribution in [2.75, 3.05) is 7.05 Å². The fourth-order valence-electron chi connectivity index (χ4n) is 3.84. The lowest BCUT2D eigenvalue weighted by molar-refractivity contribution is 0.0463. The Labute approximate surface area is 126 Å². The van der Waals surface area contributed by atoms with Crippen molar-refractivity contribution in [3.05, 3.63) is 35.4 Å². The van der Waals surface area contributed by atoms with E-state index in [0.717, 1.165) is 24.0 Å². The number of benzene rings is 1. The fourth-order valence-corrected chi connectivity index (χ4v) is 3.84. The first-order chi connectivity index (χ1) is 10.2. The van der Waals surface area contributed by atoms with E-state index in [1.54, 1.807) is 0 Å². The molecule has 0 saturated carbocycles. The molecule has 4 nitrogen and oxygen atoms in total. The molecule has 2 bridgehead atoms. The third kappa shape index (κ3) is 3.11. The molecule has 2 unspecified atom stereocenters. The molecule has 2 aliphatic heterocycles. The summed E-state index contributed by atoms with van der Waals surface area (Å²) in [6, 6.07) is 9.20. The Bertz CT molecular complexity index is 503. The highest BCUT2D eigenvalue weighted by Crippen LogP contribution is 2.32. The molecular weight excluding hydrogens is 262 g/mol. The molecule has 114 valence electrons. The standard InChI is InChI=1S/C17H25N3O/c1-20-15-6-3-7-16(20)10-14(9-15)19-17(21)13-5-2-4-12(8-13)11-18/h2,4-5,8,14-16H,3,6-7,9-11,18H2,1H3,(H,19,21). The van der Waals surface area contributed by atoms with Gasteiger partial charge >= 0.3 is 0 Å². The Morgan fingerprint density at radius 1 is 1.33 bits per heavy atom. The third-order valence-corrected chi connectivity index (χ3v) is 5.10. The highest BCUT2D eigenvalue weighted by atomic mass is 16.1. The van der Waals surface area contributed by atoms with Crippen LogP contribution in [0, 0.1) is 0 Å². The second-order valence-electron chi connectivity index (χ2n) is 6.45. The van der Waals surface area contributed by atoms with E-state index >= 15 is 0 Å². The molecular formula is C17H25N3O. The second kappa shape index (κ2) is 6.16. The van der Waals surface area contributed by atoms with Crippen molar-refractivity contribution in [3.63, 3.8) is 0 Å². The van der Waals surface area contributed by atoms with Gasteiger partial charge in [-0.05, 0) is 50.4 Å². The van der Waals surface area contributed by atoms with Gasteiger partial charge in [0, 0.05) is 30.2 Å². The molecule has 0 radical (unpaired) electrons. The first-order valence-electron chi connectivity index (χ1n) is 7.99. The number of piperidine rings is 2. The second-order valence-corrected chi connectivity index (χ2v) is 6.45. The molecule has 21 heavy (non-hydrogen) atoms. The number of fused-ring (bicyclic) bond motifs is 2. The van der Waals surface area contributed by atoms with Crippen molar-refractivity contribution < 1.29 is 4.79 Å². The Morgan fingerprint density at radius 3 is 2.71 bits per heavy atom. The van der Waals surface area contributed by atoms with Gasteiger partial charge in [-0.15, -0.1) is 0 Å². The van der Waals surface area contributed by atoms with E-state index in [1.165, 1.54) is 19.3 Å². The number of hydrogen-bond donors (Lipinski definition) is 2. The van der Waals surface area contributed by atoms with Gasteiger partial charge < -0.3 is 16.0 Å². The third-order valence-electron chi connectivity index (χ3n) is 5.10. The van der Waals surface area contributed by atoms with Crippen molar-refractivity contribution >= 4 is 5.91 Å². The maximum absolute atomic E-state index is 12.4. The van der Waals surface area contributed by atoms with Gasteiger partial charge in [-0.2, -0.15) is 0 Å². The minimum Gasteiger partial charge on any atom is -0.349 e. The van der Waals surface area contributed by atoms with Crippen LogP contribution in [0.2, 0.25) is 0 Å². The number of carbonyl (C=O) groups is 1. The molecule has 1 aromatic rings. The first kappa shape index (κ1) is 14.5. The highest BCUT2D eigenvalue weighted by molar-refractivity contribution is 5.94. The van der Waals surface area contributed by atoms with Gasteiger partial charge in [0.1, 0.15) is 0 Å². The van der Waals surface area contributed by atoms with Gasteiger partial charge in [0.15, 0.2) is 0 Å². The normalized spacial score (nSPS) is 29.1. The van der Waals surface area contributed by atoms with Crippen LogP contribution in [0.1, 0.15) is 48.0 Å². The molecule has 2 fully saturated rings. The SMILES string of the molecule is CN1C2CCCC1CC(NC(=O)c1cccc(CN)c1)C2. The van der Waals surface area contributed by atoms with E-state index in [9.17, 15) is 4.79 Å². The van der Waals surface area contributed by atoms with Crippen LogP contribution in [-0.4, -0.2) is 36.0 Å². The van der Waals surface area contributed by atoms with E-state index in [0.29, 0.717) is 24.7 Å². The number of amides is 1. The van der Waals surface area contributed by atoms with E-state index in [-0.39, 0.29) is 5.91 Å². The Hall–Kier alpha value is -1.39. The molecule has 2 heterocycles. The number of nitrogens with two attached hydrogens (primary N) is 1. The number of nitrogens with zero attached hydrogens (tertiary/aromatic N) is 1. The molecule has 4 heteroatoms. The predicted octanol–water partition coefficient (Wildman–Crippen LogP) is 1.89. The zero-order chi connectivity index (χ0) is 14.8. The summed E-state index contributed by atoms with van der Waals surface area (Å²) in [7, 11) is 2.23. The number of nitrogens with one attached hydrogen (secondary N) is 1. The van der Waals surface area contributed by atoms with E-state index in [4.69, 9.17) is 5.73 Å². The summed E-state index contributed by atoms with van der Waals surface area (Å²) in [5.74, 6) is 0.0397. The minimum atomic E-state index is 0.0397. The lowest BCUT2D eigenvalue weighted by atomic mass is 9.82. The number of carbonyl (C=O) groups excluding carboxylic acids is 1. The van der Waals surface area contributed by atoms with E-state index in [1.807, 2.05) is 24.3 Å². The van der Waals surface area contributed by atoms with Crippen LogP contribution in [0.3, 0.4) is 0 Å². The Morgan fingerprint density at radius 2 is 2.05 bits per heavy atom. The van der Waals surface area contributed by atoms with Crippen molar-refractivity contribution in [2.45, 2.75) is 56.8 Å². The van der Waals surface area contributed by atoms with Crippen LogP contribution in [0.15, 0.2) is 24.3 Å². The van der Waals surface area contributed by atoms with Crippen LogP contribution in [0.25, 0.3) is 0 Å². The van der Waals surface area contributed by atoms with Crippen molar-refractivity contribution in [1.29, 1.82) is 0 Å². The smallest absolute Gasteiger partial charge is 0.251 e. The number of rotatable bonds is 3. The van der Waals surface area contributed by atoms with Gasteiger partial charge in [-0.3, -0.25) is 4.79 Å². The Kier molecular flexibility index (Phi) is 4.27. The van der Waals surface area contributed by atoms with Crippen LogP contribution >= 0.6 is 0 Å². The zero-order valence-corrected chi connectivity index (χ0v) is 12.7. The monoisotopic (exact) mass is 287 g/mol. The molecule has 2 aliphatic rings. The number of hydrogen-bond acceptors (Lipinski definition) is 3. The minimum absolute atomic E-state index is 0.0397. The topological polar surface area (TPSA) is 58.4 Å². The first-order valence-corrected chi connectivity index (χ1v) is 7.99. The van der Waals surface area contributed by atoms with Crippen LogP contribution in [0.4, 0.5) is 0 Å². The predicted molar refractivity (Wildman–Crippen MR) is 84.0 cm³/mol. The molecule has 0 aromatic heterocycles. The largest absolute Gasteiger partial charge is 0.349 e. The zero-order valence-electron chi connectivity index (χ0n) is 12.7. The van der Waals surface area contributed by atoms with Crippen LogP contribution in [0.5, 0.6) is 0 Å². The lowest BCUT2D eigenvalue weighted by Crippen LogP contribution is -2.55. The van der Waals surface area contributed by atoms with Crippen LogP contribution in [-0.2, 0) is 6.54 Å². The maximum atomic E-state index is 12.4. The molecule has 3 N–H and O–H groups in total. The fraction of sp³-hybridized carbons (Fsp3) is 0.588. The summed E-state index contributed by atoms with van der Waals surface area (Å²) in [5, 5.41) is 3.23. The Balaban J connectivity index is 1.65. The van der Waals surface area contributed by atoms with Crippen molar-refractivity contribution in [3.8, 4) is 0 Å². The van der Waals surface area contributed by atoms with E-state index < -0.39 is 0 Å². The van der Waals surface area contributed by atoms with Gasteiger partial charge in [0.2, 0.25) is 0 Å². The van der Waals surface area contributed by atoms with E-state index in [2.05, 4.69) is 17.3 Å². The quantitative estimate of drug-likeness (QED) is 0.892. The van der Waals surface area contributed by atoms with Gasteiger partial charge in [-0.25, -0.2) is 0 Å². The average Bonchev–Trinajstić information content (AvgIpc) is 2.48. The van der Waals surface area contributed by atoms with Crippen LogP contribution < -0.4 is 11.1 Å². The van der Waals surface area contributed by atoms with Gasteiger partial charge in [-0.1, -0.05) is 18.6 Å². The van der Waals surface area contributed by atoms with Gasteiger partial charge in [0.05, 0.1) is 0 Å². The average molecular weight is 287 g/mol. The lowest BCUT2D eigenvalue weighted by Gasteiger charge is -2.47. The molecule has 1 amide bonds. The summed E-state index contributed by atoms with van der Waals surface area (Å²) in [6.45, 7) is 0.472. The molecule has 1 aromatic carbocycles. The van der Waals surface area contributed by atoms with Crippen molar-refractivity contribution in [2.24, 2.45) is 5.73 Å². The maximum Gasteiger partial charge on any atom is 0.251 e. The molecule has 2 atom stereocenters. The summed E-state index contributed by atoms with van der Waals surface area (Å²) < 4.78 is 0. The summed E-state index contributed by atoms with van der Waals surface area (Å²) in [4.78, 5) is 14.9. The molecule has 2 saturated heterocycles. The molecule has 0 aliphatic carbocycles. The summed E-state index contributed by atoms with van der Waals surface area (Å²) in [6.07, 6.45) is 6.02. The van der Waals surface area contributed by atoms with Crippen molar-refractivity contribution in [1.82, 2.24) is 10.2 Å². The molecule has 0 spiro atoms. The highest BCUT2D eigenvalue weighted by Gasteiger charge is 2.36. The summed E-state index contributed by atoms with van der Waals surface area (Å²) >= 11 is 0.